The highest BCUT2D eigenvalue weighted by molar-refractivity contribution is 6.30. The van der Waals surface area contributed by atoms with Crippen molar-refractivity contribution >= 4 is 17.5 Å². The van der Waals surface area contributed by atoms with Gasteiger partial charge in [-0.25, -0.2) is 9.97 Å². The predicted molar refractivity (Wildman–Crippen MR) is 72.2 cm³/mol. The Morgan fingerprint density at radius 3 is 2.89 bits per heavy atom. The number of hydrogen-bond donors (Lipinski definition) is 1. The van der Waals surface area contributed by atoms with Gasteiger partial charge < -0.3 is 15.0 Å². The summed E-state index contributed by atoms with van der Waals surface area (Å²) in [7, 11) is 1.70. The third-order valence-electron chi connectivity index (χ3n) is 3.06. The number of anilines is 1. The van der Waals surface area contributed by atoms with E-state index in [1.807, 2.05) is 0 Å². The molecule has 1 aliphatic heterocycles. The topological polar surface area (TPSA) is 50.3 Å². The molecule has 1 unspecified atom stereocenters. The van der Waals surface area contributed by atoms with Gasteiger partial charge in [-0.05, 0) is 19.4 Å². The standard InChI is InChI=1S/C12H19ClN4O/c1-18-6-5-17(9-11-3-2-4-14-11)12-15-7-10(13)8-16-12/h7-8,11,14H,2-6,9H2,1H3. The molecule has 5 nitrogen and oxygen atoms in total. The average molecular weight is 271 g/mol. The van der Waals surface area contributed by atoms with Crippen molar-refractivity contribution in [3.63, 3.8) is 0 Å². The Labute approximate surface area is 113 Å². The van der Waals surface area contributed by atoms with Crippen molar-refractivity contribution in [2.75, 3.05) is 38.3 Å². The van der Waals surface area contributed by atoms with Crippen molar-refractivity contribution in [1.82, 2.24) is 15.3 Å². The molecule has 1 aromatic rings. The minimum absolute atomic E-state index is 0.515. The average Bonchev–Trinajstić information content (AvgIpc) is 2.88. The lowest BCUT2D eigenvalue weighted by Gasteiger charge is -2.25. The van der Waals surface area contributed by atoms with E-state index in [9.17, 15) is 0 Å². The van der Waals surface area contributed by atoms with Gasteiger partial charge in [0.2, 0.25) is 5.95 Å². The molecule has 0 aliphatic carbocycles. The van der Waals surface area contributed by atoms with Gasteiger partial charge in [0, 0.05) is 26.2 Å². The van der Waals surface area contributed by atoms with Gasteiger partial charge in [0.25, 0.3) is 0 Å². The second-order valence-corrected chi connectivity index (χ2v) is 4.87. The fourth-order valence-corrected chi connectivity index (χ4v) is 2.22. The molecule has 1 fully saturated rings. The Morgan fingerprint density at radius 1 is 1.50 bits per heavy atom. The van der Waals surface area contributed by atoms with Crippen LogP contribution in [0.1, 0.15) is 12.8 Å². The summed E-state index contributed by atoms with van der Waals surface area (Å²) < 4.78 is 5.14. The molecule has 1 saturated heterocycles. The third-order valence-corrected chi connectivity index (χ3v) is 3.25. The number of nitrogens with one attached hydrogen (secondary N) is 1. The van der Waals surface area contributed by atoms with Crippen LogP contribution in [0, 0.1) is 0 Å². The van der Waals surface area contributed by atoms with Crippen molar-refractivity contribution in [2.45, 2.75) is 18.9 Å². The molecule has 2 rings (SSSR count). The molecule has 18 heavy (non-hydrogen) atoms. The minimum atomic E-state index is 0.515. The lowest BCUT2D eigenvalue weighted by molar-refractivity contribution is 0.204. The van der Waals surface area contributed by atoms with Crippen LogP contribution in [0.15, 0.2) is 12.4 Å². The molecule has 0 bridgehead atoms. The maximum atomic E-state index is 5.81. The Kier molecular flexibility index (Phi) is 5.16. The van der Waals surface area contributed by atoms with Crippen LogP contribution in [-0.4, -0.2) is 49.4 Å². The quantitative estimate of drug-likeness (QED) is 0.845. The SMILES string of the molecule is COCCN(CC1CCCN1)c1ncc(Cl)cn1. The lowest BCUT2D eigenvalue weighted by Crippen LogP contribution is -2.40. The molecule has 0 radical (unpaired) electrons. The van der Waals surface area contributed by atoms with Crippen molar-refractivity contribution < 1.29 is 4.74 Å². The van der Waals surface area contributed by atoms with Crippen molar-refractivity contribution in [3.8, 4) is 0 Å². The number of halogens is 1. The minimum Gasteiger partial charge on any atom is -0.383 e. The molecule has 0 saturated carbocycles. The molecule has 100 valence electrons. The number of hydrogen-bond acceptors (Lipinski definition) is 5. The number of rotatable bonds is 6. The zero-order valence-corrected chi connectivity index (χ0v) is 11.4. The van der Waals surface area contributed by atoms with E-state index >= 15 is 0 Å². The molecule has 2 heterocycles. The largest absolute Gasteiger partial charge is 0.383 e. The van der Waals surface area contributed by atoms with Crippen molar-refractivity contribution in [3.05, 3.63) is 17.4 Å². The summed E-state index contributed by atoms with van der Waals surface area (Å²) in [6.07, 6.45) is 5.71. The molecule has 0 spiro atoms. The Hall–Kier alpha value is -0.910. The molecule has 0 amide bonds. The summed E-state index contributed by atoms with van der Waals surface area (Å²) in [6.45, 7) is 3.46. The highest BCUT2D eigenvalue weighted by Crippen LogP contribution is 2.13. The zero-order valence-electron chi connectivity index (χ0n) is 10.6. The van der Waals surface area contributed by atoms with Crippen LogP contribution in [0.25, 0.3) is 0 Å². The van der Waals surface area contributed by atoms with Gasteiger partial charge in [-0.2, -0.15) is 0 Å². The number of methoxy groups -OCH3 is 1. The molecule has 1 atom stereocenters. The second-order valence-electron chi connectivity index (χ2n) is 4.43. The van der Waals surface area contributed by atoms with E-state index < -0.39 is 0 Å². The highest BCUT2D eigenvalue weighted by Gasteiger charge is 2.19. The lowest BCUT2D eigenvalue weighted by atomic mass is 10.2. The van der Waals surface area contributed by atoms with Gasteiger partial charge in [0.1, 0.15) is 0 Å². The normalized spacial score (nSPS) is 19.1. The molecule has 1 aromatic heterocycles. The smallest absolute Gasteiger partial charge is 0.225 e. The first-order chi connectivity index (χ1) is 8.79. The molecule has 1 N–H and O–H groups in total. The molecule has 0 aromatic carbocycles. The summed E-state index contributed by atoms with van der Waals surface area (Å²) in [5, 5.41) is 4.04. The van der Waals surface area contributed by atoms with E-state index in [1.165, 1.54) is 12.8 Å². The third kappa shape index (κ3) is 3.80. The molecule has 1 aliphatic rings. The van der Waals surface area contributed by atoms with E-state index in [1.54, 1.807) is 19.5 Å². The fraction of sp³-hybridized carbons (Fsp3) is 0.667. The summed E-state index contributed by atoms with van der Waals surface area (Å²) in [6, 6.07) is 0.515. The Morgan fingerprint density at radius 2 is 2.28 bits per heavy atom. The second kappa shape index (κ2) is 6.87. The van der Waals surface area contributed by atoms with Crippen LogP contribution in [0.4, 0.5) is 5.95 Å². The summed E-state index contributed by atoms with van der Waals surface area (Å²) in [4.78, 5) is 10.7. The van der Waals surface area contributed by atoms with E-state index in [2.05, 4.69) is 20.2 Å². The van der Waals surface area contributed by atoms with Gasteiger partial charge in [-0.3, -0.25) is 0 Å². The molecular weight excluding hydrogens is 252 g/mol. The number of aromatic nitrogens is 2. The van der Waals surface area contributed by atoms with E-state index in [0.717, 1.165) is 19.6 Å². The number of nitrogens with zero attached hydrogens (tertiary/aromatic N) is 3. The van der Waals surface area contributed by atoms with E-state index in [0.29, 0.717) is 23.6 Å². The Bertz CT molecular complexity index is 354. The van der Waals surface area contributed by atoms with Crippen LogP contribution in [0.5, 0.6) is 0 Å². The van der Waals surface area contributed by atoms with Crippen molar-refractivity contribution in [1.29, 1.82) is 0 Å². The van der Waals surface area contributed by atoms with Crippen LogP contribution >= 0.6 is 11.6 Å². The summed E-state index contributed by atoms with van der Waals surface area (Å²) in [5.74, 6) is 0.713. The maximum Gasteiger partial charge on any atom is 0.225 e. The predicted octanol–water partition coefficient (Wildman–Crippen LogP) is 1.33. The highest BCUT2D eigenvalue weighted by atomic mass is 35.5. The van der Waals surface area contributed by atoms with E-state index in [4.69, 9.17) is 16.3 Å². The first kappa shape index (κ1) is 13.5. The molecule has 6 heteroatoms. The molecular formula is C12H19ClN4O. The van der Waals surface area contributed by atoms with Gasteiger partial charge in [-0.1, -0.05) is 11.6 Å². The van der Waals surface area contributed by atoms with Crippen LogP contribution in [0.2, 0.25) is 5.02 Å². The van der Waals surface area contributed by atoms with Gasteiger partial charge >= 0.3 is 0 Å². The monoisotopic (exact) mass is 270 g/mol. The van der Waals surface area contributed by atoms with Crippen LogP contribution in [0.3, 0.4) is 0 Å². The number of ether oxygens (including phenoxy) is 1. The first-order valence-corrected chi connectivity index (χ1v) is 6.62. The first-order valence-electron chi connectivity index (χ1n) is 6.24. The van der Waals surface area contributed by atoms with Gasteiger partial charge in [0.05, 0.1) is 24.0 Å². The van der Waals surface area contributed by atoms with Crippen LogP contribution < -0.4 is 10.2 Å². The van der Waals surface area contributed by atoms with Crippen molar-refractivity contribution in [2.24, 2.45) is 0 Å². The van der Waals surface area contributed by atoms with Gasteiger partial charge in [-0.15, -0.1) is 0 Å². The Balaban J connectivity index is 2.00. The van der Waals surface area contributed by atoms with E-state index in [-0.39, 0.29) is 0 Å². The van der Waals surface area contributed by atoms with Crippen LogP contribution in [-0.2, 0) is 4.74 Å². The summed E-state index contributed by atoms with van der Waals surface area (Å²) >= 11 is 5.81. The fourth-order valence-electron chi connectivity index (χ4n) is 2.12. The van der Waals surface area contributed by atoms with Gasteiger partial charge in [0.15, 0.2) is 0 Å². The maximum absolute atomic E-state index is 5.81. The zero-order chi connectivity index (χ0) is 12.8. The summed E-state index contributed by atoms with van der Waals surface area (Å²) in [5.41, 5.74) is 0.